The van der Waals surface area contributed by atoms with E-state index < -0.39 is 7.92 Å². The fraction of sp³-hybridized carbons (Fsp3) is 0.488. The van der Waals surface area contributed by atoms with Gasteiger partial charge < -0.3 is 0 Å². The van der Waals surface area contributed by atoms with Crippen LogP contribution in [0, 0.1) is 13.8 Å². The van der Waals surface area contributed by atoms with Crippen LogP contribution in [0.25, 0.3) is 0 Å². The molecular formula is C43H63FeP3. The summed E-state index contributed by atoms with van der Waals surface area (Å²) >= 11 is 0. The third kappa shape index (κ3) is 12.1. The fourth-order valence-electron chi connectivity index (χ4n) is 6.92. The zero-order chi connectivity index (χ0) is 34.5. The van der Waals surface area contributed by atoms with Gasteiger partial charge in [0.1, 0.15) is 0 Å². The Kier molecular flexibility index (Phi) is 15.5. The van der Waals surface area contributed by atoms with Gasteiger partial charge in [0.2, 0.25) is 0 Å². The van der Waals surface area contributed by atoms with E-state index in [0.29, 0.717) is 20.6 Å². The maximum absolute atomic E-state index is 2.54. The van der Waals surface area contributed by atoms with Crippen molar-refractivity contribution >= 4 is 34.4 Å². The molecule has 258 valence electrons. The Labute approximate surface area is 304 Å². The van der Waals surface area contributed by atoms with Crippen LogP contribution in [0.3, 0.4) is 0 Å². The molecular weight excluding hydrogens is 665 g/mol. The van der Waals surface area contributed by atoms with E-state index in [2.05, 4.69) is 158 Å². The molecule has 0 saturated heterocycles. The molecule has 0 aliphatic rings. The SMILES string of the molecule is Cc1ccccc1P(Cc1cc[c-](CP(C(C)(C)C)C(C)(C)C)c1CP(C(C)(C)C)C(C)(C)C)c1ccccc1C.[Fe+2].c1cc[cH-]c1. The van der Waals surface area contributed by atoms with Gasteiger partial charge >= 0.3 is 17.1 Å². The topological polar surface area (TPSA) is 0 Å². The largest absolute Gasteiger partial charge is 2.00 e. The van der Waals surface area contributed by atoms with Gasteiger partial charge in [-0.2, -0.15) is 35.4 Å². The number of hydrogen-bond donors (Lipinski definition) is 0. The second-order valence-electron chi connectivity index (χ2n) is 16.8. The molecule has 47 heavy (non-hydrogen) atoms. The van der Waals surface area contributed by atoms with Gasteiger partial charge in [-0.05, 0) is 62.4 Å². The van der Waals surface area contributed by atoms with Crippen LogP contribution in [0.15, 0.2) is 91.0 Å². The van der Waals surface area contributed by atoms with Crippen molar-refractivity contribution in [3.63, 3.8) is 0 Å². The smallest absolute Gasteiger partial charge is 0.214 e. The number of rotatable bonds is 8. The zero-order valence-electron chi connectivity index (χ0n) is 32.0. The average molecular weight is 729 g/mol. The molecule has 0 spiro atoms. The van der Waals surface area contributed by atoms with Crippen molar-refractivity contribution in [2.75, 3.05) is 0 Å². The van der Waals surface area contributed by atoms with Crippen molar-refractivity contribution in [2.45, 2.75) is 136 Å². The normalized spacial score (nSPS) is 12.7. The average Bonchev–Trinajstić information content (AvgIpc) is 3.61. The van der Waals surface area contributed by atoms with Crippen molar-refractivity contribution in [3.8, 4) is 0 Å². The van der Waals surface area contributed by atoms with Crippen molar-refractivity contribution in [3.05, 3.63) is 119 Å². The van der Waals surface area contributed by atoms with Gasteiger partial charge in [0.15, 0.2) is 0 Å². The third-order valence-electron chi connectivity index (χ3n) is 8.84. The number of hydrogen-bond acceptors (Lipinski definition) is 0. The minimum atomic E-state index is -0.506. The predicted molar refractivity (Wildman–Crippen MR) is 217 cm³/mol. The van der Waals surface area contributed by atoms with Gasteiger partial charge in [-0.15, -0.1) is 13.5 Å². The quantitative estimate of drug-likeness (QED) is 0.0963. The summed E-state index contributed by atoms with van der Waals surface area (Å²) in [4.78, 5) is 0. The van der Waals surface area contributed by atoms with E-state index in [4.69, 9.17) is 0 Å². The van der Waals surface area contributed by atoms with E-state index >= 15 is 0 Å². The molecule has 4 rings (SSSR count). The van der Waals surface area contributed by atoms with Gasteiger partial charge in [0, 0.05) is 0 Å². The second kappa shape index (κ2) is 17.2. The predicted octanol–water partition coefficient (Wildman–Crippen LogP) is 13.2. The molecule has 0 saturated carbocycles. The monoisotopic (exact) mass is 728 g/mol. The molecule has 0 N–H and O–H groups in total. The van der Waals surface area contributed by atoms with E-state index in [9.17, 15) is 0 Å². The summed E-state index contributed by atoms with van der Waals surface area (Å²) in [6.07, 6.45) is 3.57. The molecule has 0 heterocycles. The van der Waals surface area contributed by atoms with E-state index in [1.54, 1.807) is 16.7 Å². The van der Waals surface area contributed by atoms with Crippen LogP contribution in [0.5, 0.6) is 0 Å². The summed E-state index contributed by atoms with van der Waals surface area (Å²) in [5.74, 6) is 0. The Bertz CT molecular complexity index is 1390. The first kappa shape index (κ1) is 42.1. The molecule has 0 aliphatic heterocycles. The Hall–Kier alpha value is -1.05. The maximum Gasteiger partial charge on any atom is 2.00 e. The molecule has 0 aromatic heterocycles. The molecule has 0 amide bonds. The van der Waals surface area contributed by atoms with Crippen LogP contribution >= 0.6 is 23.8 Å². The molecule has 0 unspecified atom stereocenters. The number of aryl methyl sites for hydroxylation is 2. The standard InChI is InChI=1S/C38H58P3.C5H5.Fe/c1-28-19-15-17-21-33(28)39(34-22-18-16-20-29(34)2)25-30-23-24-31(26-40(35(3,4)5)36(6,7)8)32(30)27-41(37(9,10)11)38(12,13)14;1-2-4-5-3-1;/h15-24H,25-27H2,1-14H3;1-5H;/q2*-1;+2. The molecule has 4 aromatic rings. The van der Waals surface area contributed by atoms with E-state index in [1.807, 2.05) is 30.3 Å². The first-order valence-corrected chi connectivity index (χ1v) is 21.7. The van der Waals surface area contributed by atoms with Crippen molar-refractivity contribution < 1.29 is 17.1 Å². The molecule has 4 aromatic carbocycles. The van der Waals surface area contributed by atoms with E-state index in [-0.39, 0.29) is 32.9 Å². The van der Waals surface area contributed by atoms with Gasteiger partial charge in [0.25, 0.3) is 0 Å². The van der Waals surface area contributed by atoms with Crippen LogP contribution in [-0.4, -0.2) is 20.6 Å². The molecule has 0 aliphatic carbocycles. The van der Waals surface area contributed by atoms with Crippen LogP contribution in [-0.2, 0) is 35.6 Å². The molecule has 4 heteroatoms. The van der Waals surface area contributed by atoms with Crippen molar-refractivity contribution in [2.24, 2.45) is 0 Å². The van der Waals surface area contributed by atoms with Crippen LogP contribution in [0.2, 0.25) is 0 Å². The minimum absolute atomic E-state index is 0. The van der Waals surface area contributed by atoms with Gasteiger partial charge in [-0.3, -0.25) is 0 Å². The first-order chi connectivity index (χ1) is 21.2. The minimum Gasteiger partial charge on any atom is -0.214 e. The summed E-state index contributed by atoms with van der Waals surface area (Å²) in [6.45, 7) is 34.3. The molecule has 0 nitrogen and oxygen atoms in total. The second-order valence-corrected chi connectivity index (χ2v) is 26.7. The summed E-state index contributed by atoms with van der Waals surface area (Å²) < 4.78 is 0. The Balaban J connectivity index is 0.00000117. The molecule has 0 atom stereocenters. The Morgan fingerprint density at radius 1 is 0.553 bits per heavy atom. The molecule has 0 fully saturated rings. The summed E-state index contributed by atoms with van der Waals surface area (Å²) in [5.41, 5.74) is 7.78. The number of benzene rings is 2. The maximum atomic E-state index is 2.54. The molecule has 0 radical (unpaired) electrons. The Morgan fingerprint density at radius 2 is 0.979 bits per heavy atom. The van der Waals surface area contributed by atoms with E-state index in [1.165, 1.54) is 34.1 Å². The van der Waals surface area contributed by atoms with Gasteiger partial charge in [-0.1, -0.05) is 160 Å². The van der Waals surface area contributed by atoms with Crippen LogP contribution in [0.4, 0.5) is 0 Å². The zero-order valence-corrected chi connectivity index (χ0v) is 35.8. The fourth-order valence-corrected chi connectivity index (χ4v) is 17.0. The summed E-state index contributed by atoms with van der Waals surface area (Å²) in [6, 6.07) is 33.3. The van der Waals surface area contributed by atoms with Crippen LogP contribution < -0.4 is 10.6 Å². The van der Waals surface area contributed by atoms with E-state index in [0.717, 1.165) is 6.16 Å². The van der Waals surface area contributed by atoms with Gasteiger partial charge in [0.05, 0.1) is 0 Å². The third-order valence-corrected chi connectivity index (χ3v) is 19.4. The summed E-state index contributed by atoms with van der Waals surface area (Å²) in [5, 5.41) is 4.30. The van der Waals surface area contributed by atoms with Crippen molar-refractivity contribution in [1.82, 2.24) is 0 Å². The summed E-state index contributed by atoms with van der Waals surface area (Å²) in [7, 11) is -0.953. The first-order valence-electron chi connectivity index (χ1n) is 17.1. The Morgan fingerprint density at radius 3 is 1.34 bits per heavy atom. The van der Waals surface area contributed by atoms with Crippen molar-refractivity contribution in [1.29, 1.82) is 0 Å². The van der Waals surface area contributed by atoms with Gasteiger partial charge in [-0.25, -0.2) is 18.2 Å². The molecule has 0 bridgehead atoms. The van der Waals surface area contributed by atoms with Crippen LogP contribution in [0.1, 0.15) is 111 Å².